The molecular weight excluding hydrogens is 192 g/mol. The van der Waals surface area contributed by atoms with Gasteiger partial charge in [-0.05, 0) is 24.5 Å². The molecule has 0 saturated carbocycles. The van der Waals surface area contributed by atoms with Crippen LogP contribution in [0.3, 0.4) is 0 Å². The van der Waals surface area contributed by atoms with Gasteiger partial charge in [-0.1, -0.05) is 0 Å². The molecule has 15 heavy (non-hydrogen) atoms. The molecule has 0 aliphatic heterocycles. The quantitative estimate of drug-likeness (QED) is 0.734. The Morgan fingerprint density at radius 1 is 1.67 bits per heavy atom. The van der Waals surface area contributed by atoms with Gasteiger partial charge in [-0.2, -0.15) is 5.26 Å². The molecule has 1 aliphatic rings. The Labute approximate surface area is 87.5 Å². The van der Waals surface area contributed by atoms with Crippen molar-refractivity contribution in [2.24, 2.45) is 0 Å². The summed E-state index contributed by atoms with van der Waals surface area (Å²) >= 11 is 0. The lowest BCUT2D eigenvalue weighted by Gasteiger charge is -2.22. The molecule has 1 aliphatic carbocycles. The molecule has 1 atom stereocenters. The van der Waals surface area contributed by atoms with E-state index in [0.29, 0.717) is 0 Å². The molecule has 4 nitrogen and oxygen atoms in total. The first-order valence-corrected chi connectivity index (χ1v) is 4.92. The maximum Gasteiger partial charge on any atom is 0.266 e. The predicted molar refractivity (Wildman–Crippen MR) is 54.6 cm³/mol. The number of methoxy groups -OCH3 is 1. The van der Waals surface area contributed by atoms with Crippen molar-refractivity contribution in [2.45, 2.75) is 25.4 Å². The zero-order valence-corrected chi connectivity index (χ0v) is 8.54. The molecule has 0 fully saturated rings. The van der Waals surface area contributed by atoms with Crippen molar-refractivity contribution in [2.75, 3.05) is 7.11 Å². The number of nitrogens with one attached hydrogen (secondary N) is 1. The second kappa shape index (κ2) is 3.87. The third-order valence-electron chi connectivity index (χ3n) is 2.83. The summed E-state index contributed by atoms with van der Waals surface area (Å²) < 4.78 is 5.28. The van der Waals surface area contributed by atoms with E-state index in [9.17, 15) is 4.79 Å². The maximum atomic E-state index is 11.4. The molecule has 1 aromatic rings. The van der Waals surface area contributed by atoms with Gasteiger partial charge in [0.05, 0.1) is 6.10 Å². The van der Waals surface area contributed by atoms with Crippen LogP contribution in [0.2, 0.25) is 0 Å². The first kappa shape index (κ1) is 9.94. The molecule has 0 spiro atoms. The van der Waals surface area contributed by atoms with E-state index in [-0.39, 0.29) is 17.2 Å². The van der Waals surface area contributed by atoms with E-state index in [4.69, 9.17) is 10.00 Å². The number of hydrogen-bond donors (Lipinski definition) is 1. The lowest BCUT2D eigenvalue weighted by atomic mass is 9.93. The number of aromatic amines is 1. The van der Waals surface area contributed by atoms with E-state index in [1.54, 1.807) is 13.2 Å². The van der Waals surface area contributed by atoms with Gasteiger partial charge < -0.3 is 9.72 Å². The number of H-pyrrole nitrogens is 1. The van der Waals surface area contributed by atoms with Crippen molar-refractivity contribution in [3.05, 3.63) is 33.2 Å². The standard InChI is InChI=1S/C11H12N2O2/c1-15-9-2-3-10-7(5-9)4-8(6-12)11(14)13-10/h4,9H,2-3,5H2,1H3,(H,13,14). The van der Waals surface area contributed by atoms with Gasteiger partial charge in [-0.3, -0.25) is 4.79 Å². The van der Waals surface area contributed by atoms with E-state index < -0.39 is 0 Å². The second-order valence-corrected chi connectivity index (χ2v) is 3.73. The summed E-state index contributed by atoms with van der Waals surface area (Å²) in [4.78, 5) is 14.1. The van der Waals surface area contributed by atoms with Crippen LogP contribution in [0.1, 0.15) is 23.2 Å². The molecule has 4 heteroatoms. The summed E-state index contributed by atoms with van der Waals surface area (Å²) in [5, 5.41) is 8.74. The number of nitriles is 1. The van der Waals surface area contributed by atoms with E-state index in [2.05, 4.69) is 4.98 Å². The summed E-state index contributed by atoms with van der Waals surface area (Å²) in [5.74, 6) is 0. The molecule has 2 rings (SSSR count). The summed E-state index contributed by atoms with van der Waals surface area (Å²) in [6, 6.07) is 3.57. The van der Waals surface area contributed by atoms with E-state index in [0.717, 1.165) is 30.5 Å². The first-order chi connectivity index (χ1) is 7.24. The number of ether oxygens (including phenoxy) is 1. The molecule has 0 bridgehead atoms. The van der Waals surface area contributed by atoms with Crippen molar-refractivity contribution in [3.8, 4) is 6.07 Å². The number of nitrogens with zero attached hydrogens (tertiary/aromatic N) is 1. The maximum absolute atomic E-state index is 11.4. The van der Waals surface area contributed by atoms with Gasteiger partial charge in [0.1, 0.15) is 11.6 Å². The Balaban J connectivity index is 2.43. The molecule has 78 valence electrons. The van der Waals surface area contributed by atoms with E-state index in [1.165, 1.54) is 0 Å². The third kappa shape index (κ3) is 1.79. The fourth-order valence-corrected chi connectivity index (χ4v) is 1.95. The number of rotatable bonds is 1. The highest BCUT2D eigenvalue weighted by Crippen LogP contribution is 2.20. The van der Waals surface area contributed by atoms with Crippen LogP contribution >= 0.6 is 0 Å². The normalized spacial score (nSPS) is 19.3. The average Bonchev–Trinajstić information content (AvgIpc) is 2.27. The SMILES string of the molecule is COC1CCc2[nH]c(=O)c(C#N)cc2C1. The Morgan fingerprint density at radius 3 is 3.13 bits per heavy atom. The lowest BCUT2D eigenvalue weighted by Crippen LogP contribution is -2.25. The summed E-state index contributed by atoms with van der Waals surface area (Å²) in [6.07, 6.45) is 2.71. The second-order valence-electron chi connectivity index (χ2n) is 3.73. The van der Waals surface area contributed by atoms with Crippen molar-refractivity contribution in [1.82, 2.24) is 4.98 Å². The molecule has 0 saturated heterocycles. The summed E-state index contributed by atoms with van der Waals surface area (Å²) in [5.41, 5.74) is 1.88. The molecule has 1 aromatic heterocycles. The van der Waals surface area contributed by atoms with Crippen LogP contribution in [0.4, 0.5) is 0 Å². The minimum absolute atomic E-state index is 0.186. The van der Waals surface area contributed by atoms with Crippen LogP contribution in [-0.2, 0) is 17.6 Å². The van der Waals surface area contributed by atoms with Crippen LogP contribution < -0.4 is 5.56 Å². The van der Waals surface area contributed by atoms with Crippen LogP contribution in [0.25, 0.3) is 0 Å². The minimum atomic E-state index is -0.285. The van der Waals surface area contributed by atoms with E-state index in [1.807, 2.05) is 6.07 Å². The van der Waals surface area contributed by atoms with Crippen molar-refractivity contribution in [3.63, 3.8) is 0 Å². The molecular formula is C11H12N2O2. The largest absolute Gasteiger partial charge is 0.381 e. The van der Waals surface area contributed by atoms with Crippen molar-refractivity contribution < 1.29 is 4.74 Å². The van der Waals surface area contributed by atoms with Gasteiger partial charge in [0.2, 0.25) is 0 Å². The smallest absolute Gasteiger partial charge is 0.266 e. The van der Waals surface area contributed by atoms with Gasteiger partial charge in [0, 0.05) is 19.2 Å². The number of pyridine rings is 1. The van der Waals surface area contributed by atoms with E-state index >= 15 is 0 Å². The fourth-order valence-electron chi connectivity index (χ4n) is 1.95. The minimum Gasteiger partial charge on any atom is -0.381 e. The van der Waals surface area contributed by atoms with Gasteiger partial charge in [-0.15, -0.1) is 0 Å². The Hall–Kier alpha value is -1.60. The zero-order valence-electron chi connectivity index (χ0n) is 8.54. The number of aromatic nitrogens is 1. The van der Waals surface area contributed by atoms with Crippen LogP contribution in [0.5, 0.6) is 0 Å². The monoisotopic (exact) mass is 204 g/mol. The molecule has 1 unspecified atom stereocenters. The molecule has 1 heterocycles. The Morgan fingerprint density at radius 2 is 2.47 bits per heavy atom. The molecule has 0 amide bonds. The molecule has 0 radical (unpaired) electrons. The Kier molecular flexibility index (Phi) is 2.57. The first-order valence-electron chi connectivity index (χ1n) is 4.92. The number of hydrogen-bond acceptors (Lipinski definition) is 3. The lowest BCUT2D eigenvalue weighted by molar-refractivity contribution is 0.0905. The number of aryl methyl sites for hydroxylation is 1. The molecule has 1 N–H and O–H groups in total. The van der Waals surface area contributed by atoms with Gasteiger partial charge in [-0.25, -0.2) is 0 Å². The van der Waals surface area contributed by atoms with Crippen LogP contribution in [0, 0.1) is 11.3 Å². The topological polar surface area (TPSA) is 65.9 Å². The predicted octanol–water partition coefficient (Wildman–Crippen LogP) is 0.750. The summed E-state index contributed by atoms with van der Waals surface area (Å²) in [7, 11) is 1.69. The average molecular weight is 204 g/mol. The highest BCUT2D eigenvalue weighted by Gasteiger charge is 2.19. The summed E-state index contributed by atoms with van der Waals surface area (Å²) in [6.45, 7) is 0. The van der Waals surface area contributed by atoms with Crippen LogP contribution in [0.15, 0.2) is 10.9 Å². The Bertz CT molecular complexity index is 470. The molecule has 0 aromatic carbocycles. The van der Waals surface area contributed by atoms with Crippen molar-refractivity contribution in [1.29, 1.82) is 5.26 Å². The van der Waals surface area contributed by atoms with Gasteiger partial charge in [0.25, 0.3) is 5.56 Å². The highest BCUT2D eigenvalue weighted by molar-refractivity contribution is 5.34. The van der Waals surface area contributed by atoms with Gasteiger partial charge in [0.15, 0.2) is 0 Å². The zero-order chi connectivity index (χ0) is 10.8. The van der Waals surface area contributed by atoms with Gasteiger partial charge >= 0.3 is 0 Å². The fraction of sp³-hybridized carbons (Fsp3) is 0.455. The van der Waals surface area contributed by atoms with Crippen LogP contribution in [-0.4, -0.2) is 18.2 Å². The number of fused-ring (bicyclic) bond motifs is 1. The highest BCUT2D eigenvalue weighted by atomic mass is 16.5. The van der Waals surface area contributed by atoms with Crippen molar-refractivity contribution >= 4 is 0 Å². The third-order valence-corrected chi connectivity index (χ3v) is 2.83.